The first-order valence-electron chi connectivity index (χ1n) is 6.90. The fraction of sp³-hybridized carbons (Fsp3) is 0.600. The third-order valence-electron chi connectivity index (χ3n) is 3.58. The van der Waals surface area contributed by atoms with Crippen LogP contribution in [0.5, 0.6) is 0 Å². The van der Waals surface area contributed by atoms with Gasteiger partial charge in [-0.3, -0.25) is 0 Å². The molecule has 1 fully saturated rings. The van der Waals surface area contributed by atoms with Crippen LogP contribution in [0.2, 0.25) is 5.02 Å². The normalized spacial score (nSPS) is 19.1. The number of likely N-dealkylation sites (N-methyl/N-ethyl adjacent to an activating group) is 1. The predicted molar refractivity (Wildman–Crippen MR) is 81.1 cm³/mol. The summed E-state index contributed by atoms with van der Waals surface area (Å²) < 4.78 is 5.48. The summed E-state index contributed by atoms with van der Waals surface area (Å²) in [4.78, 5) is 2.32. The molecule has 1 aliphatic rings. The maximum atomic E-state index is 6.13. The number of halogens is 1. The zero-order valence-corrected chi connectivity index (χ0v) is 12.7. The molecule has 0 aromatic heterocycles. The molecule has 0 bridgehead atoms. The van der Waals surface area contributed by atoms with E-state index < -0.39 is 0 Å². The van der Waals surface area contributed by atoms with Crippen LogP contribution >= 0.6 is 11.6 Å². The molecule has 0 radical (unpaired) electrons. The van der Waals surface area contributed by atoms with Crippen LogP contribution < -0.4 is 10.2 Å². The summed E-state index contributed by atoms with van der Waals surface area (Å²) in [5, 5.41) is 4.25. The average Bonchev–Trinajstić information content (AvgIpc) is 2.89. The molecule has 19 heavy (non-hydrogen) atoms. The van der Waals surface area contributed by atoms with E-state index in [1.165, 1.54) is 11.3 Å². The van der Waals surface area contributed by atoms with Gasteiger partial charge in [0.05, 0.1) is 12.6 Å². The largest absolute Gasteiger partial charge is 0.379 e. The lowest BCUT2D eigenvalue weighted by molar-refractivity contribution is 0.193. The SMILES string of the molecule is CC(C)NCc1cc(Cl)ccc1N(C)C1CCOC1. The minimum atomic E-state index is 0.465. The number of nitrogens with zero attached hydrogens (tertiary/aromatic N) is 1. The molecule has 1 aromatic rings. The van der Waals surface area contributed by atoms with E-state index in [4.69, 9.17) is 16.3 Å². The molecule has 2 rings (SSSR count). The van der Waals surface area contributed by atoms with Gasteiger partial charge in [-0.25, -0.2) is 0 Å². The van der Waals surface area contributed by atoms with Crippen molar-refractivity contribution >= 4 is 17.3 Å². The van der Waals surface area contributed by atoms with Crippen molar-refractivity contribution in [3.05, 3.63) is 28.8 Å². The zero-order chi connectivity index (χ0) is 13.8. The number of rotatable bonds is 5. The van der Waals surface area contributed by atoms with Crippen molar-refractivity contribution in [2.24, 2.45) is 0 Å². The van der Waals surface area contributed by atoms with Crippen molar-refractivity contribution in [1.82, 2.24) is 5.32 Å². The Balaban J connectivity index is 2.17. The molecule has 1 aliphatic heterocycles. The van der Waals surface area contributed by atoms with Crippen molar-refractivity contribution in [1.29, 1.82) is 0 Å². The second-order valence-electron chi connectivity index (χ2n) is 5.44. The summed E-state index contributed by atoms with van der Waals surface area (Å²) in [5.41, 5.74) is 2.49. The summed E-state index contributed by atoms with van der Waals surface area (Å²) in [6.45, 7) is 6.82. The number of nitrogens with one attached hydrogen (secondary N) is 1. The molecule has 1 heterocycles. The molecule has 0 aliphatic carbocycles. The number of hydrogen-bond acceptors (Lipinski definition) is 3. The number of anilines is 1. The Kier molecular flexibility index (Phi) is 5.08. The van der Waals surface area contributed by atoms with Crippen LogP contribution in [0.4, 0.5) is 5.69 Å². The van der Waals surface area contributed by atoms with Crippen molar-refractivity contribution in [2.45, 2.75) is 38.9 Å². The van der Waals surface area contributed by atoms with Crippen LogP contribution in [0.1, 0.15) is 25.8 Å². The van der Waals surface area contributed by atoms with E-state index in [0.29, 0.717) is 12.1 Å². The second-order valence-corrected chi connectivity index (χ2v) is 5.87. The quantitative estimate of drug-likeness (QED) is 0.898. The molecule has 4 heteroatoms. The second kappa shape index (κ2) is 6.60. The Bertz CT molecular complexity index is 417. The molecular formula is C15H23ClN2O. The fourth-order valence-electron chi connectivity index (χ4n) is 2.38. The molecule has 1 atom stereocenters. The van der Waals surface area contributed by atoms with Gasteiger partial charge in [0.15, 0.2) is 0 Å². The standard InChI is InChI=1S/C15H23ClN2O/c1-11(2)17-9-12-8-13(16)4-5-15(12)18(3)14-6-7-19-10-14/h4-5,8,11,14,17H,6-7,9-10H2,1-3H3. The fourth-order valence-corrected chi connectivity index (χ4v) is 2.57. The number of benzene rings is 1. The van der Waals surface area contributed by atoms with Crippen molar-refractivity contribution in [3.8, 4) is 0 Å². The van der Waals surface area contributed by atoms with Crippen LogP contribution in [-0.2, 0) is 11.3 Å². The monoisotopic (exact) mass is 282 g/mol. The Labute approximate surface area is 120 Å². The Morgan fingerprint density at radius 3 is 2.89 bits per heavy atom. The van der Waals surface area contributed by atoms with E-state index in [1.54, 1.807) is 0 Å². The van der Waals surface area contributed by atoms with Crippen molar-refractivity contribution < 1.29 is 4.74 Å². The third-order valence-corrected chi connectivity index (χ3v) is 3.81. The predicted octanol–water partition coefficient (Wildman–Crippen LogP) is 3.06. The van der Waals surface area contributed by atoms with Crippen LogP contribution in [0, 0.1) is 0 Å². The van der Waals surface area contributed by atoms with Crippen molar-refractivity contribution in [3.63, 3.8) is 0 Å². The minimum absolute atomic E-state index is 0.465. The van der Waals surface area contributed by atoms with Gasteiger partial charge in [0, 0.05) is 37.0 Å². The average molecular weight is 283 g/mol. The molecule has 0 saturated carbocycles. The van der Waals surface area contributed by atoms with E-state index in [-0.39, 0.29) is 0 Å². The molecule has 0 amide bonds. The maximum Gasteiger partial charge on any atom is 0.0670 e. The Morgan fingerprint density at radius 1 is 1.47 bits per heavy atom. The molecular weight excluding hydrogens is 260 g/mol. The molecule has 0 spiro atoms. The van der Waals surface area contributed by atoms with Crippen LogP contribution in [-0.4, -0.2) is 32.3 Å². The smallest absolute Gasteiger partial charge is 0.0670 e. The molecule has 1 unspecified atom stereocenters. The van der Waals surface area contributed by atoms with E-state index in [9.17, 15) is 0 Å². The number of hydrogen-bond donors (Lipinski definition) is 1. The van der Waals surface area contributed by atoms with Gasteiger partial charge in [0.25, 0.3) is 0 Å². The van der Waals surface area contributed by atoms with E-state index in [0.717, 1.165) is 31.2 Å². The summed E-state index contributed by atoms with van der Waals surface area (Å²) in [5.74, 6) is 0. The van der Waals surface area contributed by atoms with Gasteiger partial charge in [0.2, 0.25) is 0 Å². The first-order chi connectivity index (χ1) is 9.08. The summed E-state index contributed by atoms with van der Waals surface area (Å²) in [7, 11) is 2.14. The Morgan fingerprint density at radius 2 is 2.26 bits per heavy atom. The first kappa shape index (κ1) is 14.6. The summed E-state index contributed by atoms with van der Waals surface area (Å²) >= 11 is 6.13. The number of ether oxygens (including phenoxy) is 1. The molecule has 1 aromatic carbocycles. The van der Waals surface area contributed by atoms with Gasteiger partial charge in [-0.15, -0.1) is 0 Å². The minimum Gasteiger partial charge on any atom is -0.379 e. The summed E-state index contributed by atoms with van der Waals surface area (Å²) in [6, 6.07) is 7.06. The van der Waals surface area contributed by atoms with Gasteiger partial charge in [0.1, 0.15) is 0 Å². The van der Waals surface area contributed by atoms with Crippen LogP contribution in [0.3, 0.4) is 0 Å². The van der Waals surface area contributed by atoms with Gasteiger partial charge in [-0.05, 0) is 30.2 Å². The lowest BCUT2D eigenvalue weighted by Gasteiger charge is -2.28. The van der Waals surface area contributed by atoms with E-state index >= 15 is 0 Å². The van der Waals surface area contributed by atoms with E-state index in [1.807, 2.05) is 6.07 Å². The molecule has 1 saturated heterocycles. The Hall–Kier alpha value is -0.770. The van der Waals surface area contributed by atoms with Crippen molar-refractivity contribution in [2.75, 3.05) is 25.2 Å². The van der Waals surface area contributed by atoms with Gasteiger partial charge >= 0.3 is 0 Å². The highest BCUT2D eigenvalue weighted by atomic mass is 35.5. The topological polar surface area (TPSA) is 24.5 Å². The highest BCUT2D eigenvalue weighted by molar-refractivity contribution is 6.30. The molecule has 1 N–H and O–H groups in total. The lowest BCUT2D eigenvalue weighted by Crippen LogP contribution is -2.33. The third kappa shape index (κ3) is 3.85. The lowest BCUT2D eigenvalue weighted by atomic mass is 10.1. The molecule has 106 valence electrons. The molecule has 3 nitrogen and oxygen atoms in total. The van der Waals surface area contributed by atoms with Gasteiger partial charge < -0.3 is 15.0 Å². The van der Waals surface area contributed by atoms with Gasteiger partial charge in [-0.2, -0.15) is 0 Å². The zero-order valence-electron chi connectivity index (χ0n) is 11.9. The maximum absolute atomic E-state index is 6.13. The van der Waals surface area contributed by atoms with Crippen LogP contribution in [0.15, 0.2) is 18.2 Å². The van der Waals surface area contributed by atoms with Gasteiger partial charge in [-0.1, -0.05) is 25.4 Å². The van der Waals surface area contributed by atoms with Crippen LogP contribution in [0.25, 0.3) is 0 Å². The summed E-state index contributed by atoms with van der Waals surface area (Å²) in [6.07, 6.45) is 1.09. The van der Waals surface area contributed by atoms with E-state index in [2.05, 4.69) is 43.2 Å². The highest BCUT2D eigenvalue weighted by Gasteiger charge is 2.22. The highest BCUT2D eigenvalue weighted by Crippen LogP contribution is 2.27. The first-order valence-corrected chi connectivity index (χ1v) is 7.28.